The Kier molecular flexibility index (Phi) is 13.2. The van der Waals surface area contributed by atoms with Crippen molar-refractivity contribution in [3.8, 4) is 0 Å². The fourth-order valence-corrected chi connectivity index (χ4v) is 0.606. The van der Waals surface area contributed by atoms with E-state index in [1.54, 1.807) is 0 Å². The number of unbranched alkanes of at least 4 members (excludes halogenated alkanes) is 2. The number of hydrogen-bond donors (Lipinski definition) is 1. The van der Waals surface area contributed by atoms with Gasteiger partial charge < -0.3 is 5.11 Å². The normalized spacial score (nSPS) is 9.36. The van der Waals surface area contributed by atoms with Crippen molar-refractivity contribution in [3.63, 3.8) is 0 Å². The van der Waals surface area contributed by atoms with E-state index in [1.807, 2.05) is 0 Å². The van der Waals surface area contributed by atoms with Crippen LogP contribution in [0.4, 0.5) is 0 Å². The third kappa shape index (κ3) is 17.2. The van der Waals surface area contributed by atoms with Crippen molar-refractivity contribution in [2.75, 3.05) is 0 Å². The van der Waals surface area contributed by atoms with Gasteiger partial charge in [0.15, 0.2) is 0 Å². The molecule has 0 fully saturated rings. The summed E-state index contributed by atoms with van der Waals surface area (Å²) in [6.07, 6.45) is 9.61. The molecule has 0 aromatic rings. The topological polar surface area (TPSA) is 37.3 Å². The Hall–Kier alpha value is -1.05. The van der Waals surface area contributed by atoms with Gasteiger partial charge in [0.05, 0.1) is 0 Å². The molecule has 14 heavy (non-hydrogen) atoms. The minimum atomic E-state index is -0.935. The van der Waals surface area contributed by atoms with Gasteiger partial charge >= 0.3 is 5.97 Å². The highest BCUT2D eigenvalue weighted by atomic mass is 16.4. The Morgan fingerprint density at radius 1 is 1.36 bits per heavy atom. The fraction of sp³-hybridized carbons (Fsp3) is 0.583. The number of carbonyl (C=O) groups is 1. The molecule has 2 heteroatoms. The van der Waals surface area contributed by atoms with Crippen LogP contribution < -0.4 is 0 Å². The summed E-state index contributed by atoms with van der Waals surface area (Å²) in [5.74, 6) is -0.935. The minimum absolute atomic E-state index is 0.176. The second-order valence-corrected chi connectivity index (χ2v) is 3.11. The molecule has 0 amide bonds. The van der Waals surface area contributed by atoms with Crippen LogP contribution in [0.2, 0.25) is 0 Å². The molecule has 82 valence electrons. The summed E-state index contributed by atoms with van der Waals surface area (Å²) in [5.41, 5.74) is 0.176. The molecule has 0 rings (SSSR count). The molecule has 0 saturated heterocycles. The quantitative estimate of drug-likeness (QED) is 0.414. The van der Waals surface area contributed by atoms with Gasteiger partial charge in [0.1, 0.15) is 0 Å². The molecular formula is C12H22O2. The van der Waals surface area contributed by atoms with Gasteiger partial charge in [-0.15, -0.1) is 0 Å². The first kappa shape index (κ1) is 15.4. The lowest BCUT2D eigenvalue weighted by Crippen LogP contribution is -1.92. The zero-order valence-electron chi connectivity index (χ0n) is 9.55. The molecule has 0 bridgehead atoms. The van der Waals surface area contributed by atoms with Crippen molar-refractivity contribution in [2.24, 2.45) is 0 Å². The number of aliphatic carboxylic acids is 1. The molecular weight excluding hydrogens is 176 g/mol. The Balaban J connectivity index is 0. The first-order valence-electron chi connectivity index (χ1n) is 5.10. The molecule has 0 unspecified atom stereocenters. The van der Waals surface area contributed by atoms with E-state index in [0.29, 0.717) is 0 Å². The second-order valence-electron chi connectivity index (χ2n) is 3.11. The SMILES string of the molecule is C=C(C)C(=O)O.CCC=CCCCC. The lowest BCUT2D eigenvalue weighted by atomic mass is 10.2. The van der Waals surface area contributed by atoms with Crippen LogP contribution in [0.15, 0.2) is 24.3 Å². The van der Waals surface area contributed by atoms with Crippen molar-refractivity contribution in [2.45, 2.75) is 46.5 Å². The van der Waals surface area contributed by atoms with Crippen molar-refractivity contribution < 1.29 is 9.90 Å². The molecule has 0 atom stereocenters. The number of allylic oxidation sites excluding steroid dienone is 2. The Bertz CT molecular complexity index is 169. The van der Waals surface area contributed by atoms with E-state index in [9.17, 15) is 4.79 Å². The maximum atomic E-state index is 9.60. The first-order valence-corrected chi connectivity index (χ1v) is 5.10. The Labute approximate surface area is 87.3 Å². The van der Waals surface area contributed by atoms with Crippen LogP contribution in [0.5, 0.6) is 0 Å². The molecule has 0 saturated carbocycles. The van der Waals surface area contributed by atoms with Gasteiger partial charge in [0.25, 0.3) is 0 Å². The van der Waals surface area contributed by atoms with Crippen LogP contribution in [-0.4, -0.2) is 11.1 Å². The molecule has 0 spiro atoms. The largest absolute Gasteiger partial charge is 0.478 e. The molecule has 0 aliphatic carbocycles. The summed E-state index contributed by atoms with van der Waals surface area (Å²) in [6.45, 7) is 8.99. The van der Waals surface area contributed by atoms with Crippen LogP contribution in [0.1, 0.15) is 46.5 Å². The molecule has 0 aliphatic rings. The summed E-state index contributed by atoms with van der Waals surface area (Å²) in [5, 5.41) is 7.89. The van der Waals surface area contributed by atoms with Crippen molar-refractivity contribution in [3.05, 3.63) is 24.3 Å². The van der Waals surface area contributed by atoms with Gasteiger partial charge in [-0.2, -0.15) is 0 Å². The molecule has 0 radical (unpaired) electrons. The Morgan fingerprint density at radius 2 is 1.86 bits per heavy atom. The summed E-state index contributed by atoms with van der Waals surface area (Å²) in [4.78, 5) is 9.60. The second kappa shape index (κ2) is 11.9. The highest BCUT2D eigenvalue weighted by Crippen LogP contribution is 1.94. The summed E-state index contributed by atoms with van der Waals surface area (Å²) in [6, 6.07) is 0. The van der Waals surface area contributed by atoms with Crippen LogP contribution in [0.3, 0.4) is 0 Å². The van der Waals surface area contributed by atoms with Crippen molar-refractivity contribution >= 4 is 5.97 Å². The van der Waals surface area contributed by atoms with E-state index in [2.05, 4.69) is 32.6 Å². The molecule has 0 aliphatic heterocycles. The lowest BCUT2D eigenvalue weighted by Gasteiger charge is -1.85. The zero-order valence-corrected chi connectivity index (χ0v) is 9.55. The molecule has 2 nitrogen and oxygen atoms in total. The van der Waals surface area contributed by atoms with Crippen molar-refractivity contribution in [1.82, 2.24) is 0 Å². The molecule has 0 aromatic heterocycles. The maximum absolute atomic E-state index is 9.60. The van der Waals surface area contributed by atoms with Gasteiger partial charge in [-0.3, -0.25) is 0 Å². The molecule has 0 heterocycles. The lowest BCUT2D eigenvalue weighted by molar-refractivity contribution is -0.132. The average molecular weight is 198 g/mol. The summed E-state index contributed by atoms with van der Waals surface area (Å²) < 4.78 is 0. The molecule has 1 N–H and O–H groups in total. The average Bonchev–Trinajstić information content (AvgIpc) is 2.13. The van der Waals surface area contributed by atoms with Gasteiger partial charge in [-0.25, -0.2) is 4.79 Å². The van der Waals surface area contributed by atoms with E-state index in [4.69, 9.17) is 5.11 Å². The van der Waals surface area contributed by atoms with Gasteiger partial charge in [-0.05, 0) is 19.8 Å². The van der Waals surface area contributed by atoms with Gasteiger partial charge in [0, 0.05) is 5.57 Å². The first-order chi connectivity index (χ1) is 6.56. The predicted molar refractivity (Wildman–Crippen MR) is 61.4 cm³/mol. The van der Waals surface area contributed by atoms with E-state index in [1.165, 1.54) is 32.6 Å². The molecule has 0 aromatic carbocycles. The number of carboxylic acids is 1. The third-order valence-electron chi connectivity index (χ3n) is 1.49. The van der Waals surface area contributed by atoms with E-state index in [0.717, 1.165) is 0 Å². The number of hydrogen-bond acceptors (Lipinski definition) is 1. The number of rotatable bonds is 5. The van der Waals surface area contributed by atoms with E-state index < -0.39 is 5.97 Å². The van der Waals surface area contributed by atoms with E-state index in [-0.39, 0.29) is 5.57 Å². The summed E-state index contributed by atoms with van der Waals surface area (Å²) in [7, 11) is 0. The highest BCUT2D eigenvalue weighted by Gasteiger charge is 1.90. The van der Waals surface area contributed by atoms with Gasteiger partial charge in [0.2, 0.25) is 0 Å². The summed E-state index contributed by atoms with van der Waals surface area (Å²) >= 11 is 0. The minimum Gasteiger partial charge on any atom is -0.478 e. The zero-order chi connectivity index (χ0) is 11.4. The van der Waals surface area contributed by atoms with Crippen LogP contribution in [-0.2, 0) is 4.79 Å². The van der Waals surface area contributed by atoms with Gasteiger partial charge in [-0.1, -0.05) is 45.4 Å². The number of carboxylic acid groups (broad SMARTS) is 1. The third-order valence-corrected chi connectivity index (χ3v) is 1.49. The van der Waals surface area contributed by atoms with Crippen molar-refractivity contribution in [1.29, 1.82) is 0 Å². The van der Waals surface area contributed by atoms with E-state index >= 15 is 0 Å². The standard InChI is InChI=1S/C8H16.C4H6O2/c1-3-5-7-8-6-4-2;1-3(2)4(5)6/h5,7H,3-4,6,8H2,1-2H3;1H2,2H3,(H,5,6). The van der Waals surface area contributed by atoms with Crippen LogP contribution in [0.25, 0.3) is 0 Å². The predicted octanol–water partition coefficient (Wildman–Crippen LogP) is 3.79. The monoisotopic (exact) mass is 198 g/mol. The highest BCUT2D eigenvalue weighted by molar-refractivity contribution is 5.84. The smallest absolute Gasteiger partial charge is 0.330 e. The Morgan fingerprint density at radius 3 is 2.14 bits per heavy atom. The fourth-order valence-electron chi connectivity index (χ4n) is 0.606. The van der Waals surface area contributed by atoms with Crippen LogP contribution >= 0.6 is 0 Å². The van der Waals surface area contributed by atoms with Crippen LogP contribution in [0, 0.1) is 0 Å². The maximum Gasteiger partial charge on any atom is 0.330 e.